The van der Waals surface area contributed by atoms with Crippen molar-refractivity contribution in [1.29, 1.82) is 0 Å². The van der Waals surface area contributed by atoms with E-state index < -0.39 is 5.97 Å². The number of esters is 1. The molecule has 0 saturated carbocycles. The van der Waals surface area contributed by atoms with Gasteiger partial charge in [0, 0.05) is 24.2 Å². The number of carbonyl (C=O) groups is 1. The lowest BCUT2D eigenvalue weighted by Crippen LogP contribution is -2.33. The fraction of sp³-hybridized carbons (Fsp3) is 0.250. The Bertz CT molecular complexity index is 1460. The zero-order valence-electron chi connectivity index (χ0n) is 21.7. The second kappa shape index (κ2) is 11.1. The lowest BCUT2D eigenvalue weighted by Gasteiger charge is -2.32. The third kappa shape index (κ3) is 4.75. The van der Waals surface area contributed by atoms with E-state index in [1.165, 1.54) is 29.4 Å². The number of carbonyl (C=O) groups excluding carboxylic acids is 1. The fourth-order valence-corrected chi connectivity index (χ4v) is 5.55. The summed E-state index contributed by atoms with van der Waals surface area (Å²) in [5.41, 5.74) is 12.5. The van der Waals surface area contributed by atoms with Crippen molar-refractivity contribution < 1.29 is 14.3 Å². The van der Waals surface area contributed by atoms with Gasteiger partial charge in [-0.2, -0.15) is 0 Å². The number of methoxy groups -OCH3 is 1. The van der Waals surface area contributed by atoms with Crippen LogP contribution in [0.1, 0.15) is 55.8 Å². The molecule has 1 aliphatic carbocycles. The molecule has 1 atom stereocenters. The number of ether oxygens (including phenoxy) is 2. The number of rotatable bonds is 7. The van der Waals surface area contributed by atoms with Gasteiger partial charge in [0.1, 0.15) is 6.61 Å². The first-order chi connectivity index (χ1) is 18.5. The Morgan fingerprint density at radius 1 is 0.947 bits per heavy atom. The van der Waals surface area contributed by atoms with Crippen LogP contribution in [0.5, 0.6) is 5.75 Å². The maximum Gasteiger partial charge on any atom is 0.358 e. The molecule has 0 radical (unpaired) electrons. The maximum atomic E-state index is 13.3. The van der Waals surface area contributed by atoms with E-state index in [1.54, 1.807) is 13.1 Å². The lowest BCUT2D eigenvalue weighted by atomic mass is 9.82. The molecule has 1 heterocycles. The zero-order valence-corrected chi connectivity index (χ0v) is 21.7. The van der Waals surface area contributed by atoms with Crippen molar-refractivity contribution in [2.24, 2.45) is 5.73 Å². The van der Waals surface area contributed by atoms with Crippen LogP contribution in [0.2, 0.25) is 0 Å². The molecule has 2 N–H and O–H groups in total. The number of aromatic nitrogens is 1. The predicted octanol–water partition coefficient (Wildman–Crippen LogP) is 4.95. The SMILES string of the molecule is COC(=O)c1c(OCc2ccccc2)c(=O)c(C)cn1C(CN)C1c2ccccc2CCc2ccccc21. The molecule has 3 aromatic carbocycles. The van der Waals surface area contributed by atoms with Gasteiger partial charge in [-0.05, 0) is 47.6 Å². The summed E-state index contributed by atoms with van der Waals surface area (Å²) in [6.45, 7) is 2.11. The van der Waals surface area contributed by atoms with Gasteiger partial charge in [-0.25, -0.2) is 4.79 Å². The van der Waals surface area contributed by atoms with Gasteiger partial charge in [0.2, 0.25) is 5.43 Å². The molecular formula is C32H32N2O4. The van der Waals surface area contributed by atoms with Crippen LogP contribution < -0.4 is 15.9 Å². The first-order valence-electron chi connectivity index (χ1n) is 12.9. The molecule has 1 aliphatic rings. The summed E-state index contributed by atoms with van der Waals surface area (Å²) in [4.78, 5) is 26.6. The number of fused-ring (bicyclic) bond motifs is 2. The average molecular weight is 509 g/mol. The highest BCUT2D eigenvalue weighted by Gasteiger charge is 2.34. The molecular weight excluding hydrogens is 476 g/mol. The maximum absolute atomic E-state index is 13.3. The Balaban J connectivity index is 1.71. The predicted molar refractivity (Wildman–Crippen MR) is 148 cm³/mol. The van der Waals surface area contributed by atoms with Gasteiger partial charge in [-0.1, -0.05) is 78.9 Å². The summed E-state index contributed by atoms with van der Waals surface area (Å²) in [5, 5.41) is 0. The summed E-state index contributed by atoms with van der Waals surface area (Å²) in [6, 6.07) is 26.0. The minimum atomic E-state index is -0.640. The van der Waals surface area contributed by atoms with Gasteiger partial charge in [-0.3, -0.25) is 4.79 Å². The molecule has 0 bridgehead atoms. The van der Waals surface area contributed by atoms with Crippen molar-refractivity contribution in [3.8, 4) is 5.75 Å². The van der Waals surface area contributed by atoms with E-state index in [1.807, 2.05) is 47.0 Å². The molecule has 6 heteroatoms. The molecule has 0 amide bonds. The van der Waals surface area contributed by atoms with E-state index in [2.05, 4.69) is 36.4 Å². The molecule has 1 unspecified atom stereocenters. The third-order valence-electron chi connectivity index (χ3n) is 7.40. The Labute approximate surface area is 222 Å². The van der Waals surface area contributed by atoms with E-state index >= 15 is 0 Å². The molecule has 5 rings (SSSR count). The Morgan fingerprint density at radius 2 is 1.53 bits per heavy atom. The normalized spacial score (nSPS) is 13.7. The zero-order chi connectivity index (χ0) is 26.6. The van der Waals surface area contributed by atoms with E-state index in [4.69, 9.17) is 15.2 Å². The highest BCUT2D eigenvalue weighted by atomic mass is 16.5. The van der Waals surface area contributed by atoms with Gasteiger partial charge in [0.15, 0.2) is 11.4 Å². The van der Waals surface area contributed by atoms with Crippen molar-refractivity contribution in [3.05, 3.63) is 134 Å². The van der Waals surface area contributed by atoms with Crippen LogP contribution >= 0.6 is 0 Å². The van der Waals surface area contributed by atoms with Gasteiger partial charge in [-0.15, -0.1) is 0 Å². The fourth-order valence-electron chi connectivity index (χ4n) is 5.55. The van der Waals surface area contributed by atoms with Crippen molar-refractivity contribution in [2.45, 2.75) is 38.3 Å². The van der Waals surface area contributed by atoms with Crippen molar-refractivity contribution in [2.75, 3.05) is 13.7 Å². The van der Waals surface area contributed by atoms with Crippen LogP contribution in [0.25, 0.3) is 0 Å². The van der Waals surface area contributed by atoms with Gasteiger partial charge in [0.25, 0.3) is 0 Å². The molecule has 194 valence electrons. The number of hydrogen-bond donors (Lipinski definition) is 1. The smallest absolute Gasteiger partial charge is 0.358 e. The number of benzene rings is 3. The highest BCUT2D eigenvalue weighted by Crippen LogP contribution is 2.42. The number of aryl methyl sites for hydroxylation is 3. The van der Waals surface area contributed by atoms with Crippen molar-refractivity contribution in [3.63, 3.8) is 0 Å². The first kappa shape index (κ1) is 25.5. The molecule has 38 heavy (non-hydrogen) atoms. The van der Waals surface area contributed by atoms with Crippen LogP contribution in [0.3, 0.4) is 0 Å². The molecule has 1 aromatic heterocycles. The van der Waals surface area contributed by atoms with Crippen molar-refractivity contribution in [1.82, 2.24) is 4.57 Å². The highest BCUT2D eigenvalue weighted by molar-refractivity contribution is 5.90. The van der Waals surface area contributed by atoms with E-state index in [0.29, 0.717) is 5.56 Å². The van der Waals surface area contributed by atoms with Gasteiger partial charge < -0.3 is 19.8 Å². The second-order valence-electron chi connectivity index (χ2n) is 9.67. The van der Waals surface area contributed by atoms with Crippen molar-refractivity contribution >= 4 is 5.97 Å². The van der Waals surface area contributed by atoms with E-state index in [0.717, 1.165) is 18.4 Å². The molecule has 0 saturated heterocycles. The molecule has 6 nitrogen and oxygen atoms in total. The average Bonchev–Trinajstić information content (AvgIpc) is 3.12. The summed E-state index contributed by atoms with van der Waals surface area (Å²) < 4.78 is 13.1. The monoisotopic (exact) mass is 508 g/mol. The largest absolute Gasteiger partial charge is 0.482 e. The van der Waals surface area contributed by atoms with Crippen LogP contribution in [0.15, 0.2) is 89.9 Å². The second-order valence-corrected chi connectivity index (χ2v) is 9.67. The standard InChI is InChI=1S/C32H32N2O4/c1-21-19-34(29(32(36)37-2)31(30(21)35)38-20-22-10-4-3-5-11-22)27(18-33)28-25-14-8-6-12-23(25)16-17-24-13-7-9-15-26(24)28/h3-15,19,27-28H,16-18,20,33H2,1-2H3. The topological polar surface area (TPSA) is 83.5 Å². The Kier molecular flexibility index (Phi) is 7.43. The van der Waals surface area contributed by atoms with Crippen LogP contribution in [-0.2, 0) is 24.2 Å². The third-order valence-corrected chi connectivity index (χ3v) is 7.40. The lowest BCUT2D eigenvalue weighted by molar-refractivity contribution is 0.0577. The summed E-state index contributed by atoms with van der Waals surface area (Å²) in [7, 11) is 1.31. The minimum absolute atomic E-state index is 0.0191. The molecule has 0 fully saturated rings. The van der Waals surface area contributed by atoms with Crippen LogP contribution in [0, 0.1) is 6.92 Å². The van der Waals surface area contributed by atoms with E-state index in [9.17, 15) is 9.59 Å². The number of nitrogens with zero attached hydrogens (tertiary/aromatic N) is 1. The summed E-state index contributed by atoms with van der Waals surface area (Å²) >= 11 is 0. The number of nitrogens with two attached hydrogens (primary N) is 1. The molecule has 4 aromatic rings. The van der Waals surface area contributed by atoms with E-state index in [-0.39, 0.29) is 42.0 Å². The molecule has 0 aliphatic heterocycles. The Morgan fingerprint density at radius 3 is 2.11 bits per heavy atom. The van der Waals surface area contributed by atoms with Crippen LogP contribution in [0.4, 0.5) is 0 Å². The number of hydrogen-bond acceptors (Lipinski definition) is 5. The van der Waals surface area contributed by atoms with Gasteiger partial charge >= 0.3 is 5.97 Å². The number of pyridine rings is 1. The Hall–Kier alpha value is -4.16. The van der Waals surface area contributed by atoms with Gasteiger partial charge in [0.05, 0.1) is 13.2 Å². The molecule has 0 spiro atoms. The quantitative estimate of drug-likeness (QED) is 0.357. The summed E-state index contributed by atoms with van der Waals surface area (Å²) in [6.07, 6.45) is 3.55. The minimum Gasteiger partial charge on any atom is -0.482 e. The first-order valence-corrected chi connectivity index (χ1v) is 12.9. The van der Waals surface area contributed by atoms with Crippen LogP contribution in [-0.4, -0.2) is 24.2 Å². The summed E-state index contributed by atoms with van der Waals surface area (Å²) in [5.74, 6) is -0.796.